The summed E-state index contributed by atoms with van der Waals surface area (Å²) in [6, 6.07) is 23.0. The van der Waals surface area contributed by atoms with Crippen molar-refractivity contribution in [3.63, 3.8) is 0 Å². The molecule has 1 heterocycles. The molecule has 0 fully saturated rings. The Kier molecular flexibility index (Phi) is 6.05. The van der Waals surface area contributed by atoms with Gasteiger partial charge in [0.2, 0.25) is 5.91 Å². The van der Waals surface area contributed by atoms with Crippen LogP contribution in [-0.2, 0) is 6.42 Å². The monoisotopic (exact) mass is 426 g/mol. The molecule has 1 aromatic heterocycles. The van der Waals surface area contributed by atoms with Crippen LogP contribution in [0.1, 0.15) is 27.0 Å². The van der Waals surface area contributed by atoms with Crippen molar-refractivity contribution >= 4 is 28.2 Å². The van der Waals surface area contributed by atoms with Crippen molar-refractivity contribution in [2.75, 3.05) is 20.6 Å². The average Bonchev–Trinajstić information content (AvgIpc) is 3.12. The lowest BCUT2D eigenvalue weighted by atomic mass is 10.00. The molecule has 4 N–H and O–H groups in total. The Labute approximate surface area is 187 Å². The normalized spacial score (nSPS) is 11.9. The predicted octanol–water partition coefficient (Wildman–Crippen LogP) is 4.25. The lowest BCUT2D eigenvalue weighted by Gasteiger charge is -2.10. The standard InChI is InChI=1S/C26H26N4O2/c1-30(2)15-14-17-8-11-20(12-9-17)28-24(18-6-4-3-5-7-18)23-21-13-10-19(25(27)31)16-22(21)29-26(23)32/h3-13,16,29,32H,14-15H2,1-2H3,(H2,27,31). The summed E-state index contributed by atoms with van der Waals surface area (Å²) in [5.74, 6) is -0.527. The number of aromatic nitrogens is 1. The van der Waals surface area contributed by atoms with Gasteiger partial charge < -0.3 is 20.7 Å². The summed E-state index contributed by atoms with van der Waals surface area (Å²) in [5.41, 5.74) is 10.5. The van der Waals surface area contributed by atoms with E-state index >= 15 is 0 Å². The van der Waals surface area contributed by atoms with E-state index in [1.54, 1.807) is 18.2 Å². The summed E-state index contributed by atoms with van der Waals surface area (Å²) in [5, 5.41) is 11.5. The van der Waals surface area contributed by atoms with E-state index in [1.165, 1.54) is 5.56 Å². The number of fused-ring (bicyclic) bond motifs is 1. The Morgan fingerprint density at radius 1 is 1.00 bits per heavy atom. The van der Waals surface area contributed by atoms with Crippen LogP contribution >= 0.6 is 0 Å². The zero-order valence-electron chi connectivity index (χ0n) is 18.2. The highest BCUT2D eigenvalue weighted by Crippen LogP contribution is 2.32. The van der Waals surface area contributed by atoms with Crippen LogP contribution in [0.5, 0.6) is 5.88 Å². The van der Waals surface area contributed by atoms with Gasteiger partial charge in [0.25, 0.3) is 0 Å². The van der Waals surface area contributed by atoms with Gasteiger partial charge in [0.1, 0.15) is 0 Å². The maximum atomic E-state index is 11.6. The quantitative estimate of drug-likeness (QED) is 0.386. The number of primary amides is 1. The van der Waals surface area contributed by atoms with Crippen molar-refractivity contribution in [1.82, 2.24) is 9.88 Å². The van der Waals surface area contributed by atoms with Crippen molar-refractivity contribution in [3.05, 3.63) is 95.1 Å². The third kappa shape index (κ3) is 4.55. The number of benzene rings is 3. The SMILES string of the molecule is CN(C)CCc1ccc(N=C(c2ccccc2)c2c(O)[nH]c3cc(C(N)=O)ccc23)cc1. The van der Waals surface area contributed by atoms with E-state index in [2.05, 4.69) is 36.1 Å². The molecule has 0 unspecified atom stereocenters. The summed E-state index contributed by atoms with van der Waals surface area (Å²) in [6.07, 6.45) is 0.966. The summed E-state index contributed by atoms with van der Waals surface area (Å²) >= 11 is 0. The Hall–Kier alpha value is -3.90. The highest BCUT2D eigenvalue weighted by molar-refractivity contribution is 6.22. The van der Waals surface area contributed by atoms with Crippen molar-refractivity contribution in [2.45, 2.75) is 6.42 Å². The zero-order chi connectivity index (χ0) is 22.7. The van der Waals surface area contributed by atoms with E-state index < -0.39 is 5.91 Å². The molecule has 6 heteroatoms. The number of carbonyl (C=O) groups excluding carboxylic acids is 1. The highest BCUT2D eigenvalue weighted by atomic mass is 16.3. The molecule has 32 heavy (non-hydrogen) atoms. The van der Waals surface area contributed by atoms with Crippen molar-refractivity contribution < 1.29 is 9.90 Å². The lowest BCUT2D eigenvalue weighted by molar-refractivity contribution is 0.100. The molecule has 0 aliphatic rings. The smallest absolute Gasteiger partial charge is 0.248 e. The lowest BCUT2D eigenvalue weighted by Crippen LogP contribution is -2.14. The number of nitrogens with zero attached hydrogens (tertiary/aromatic N) is 2. The minimum absolute atomic E-state index is 0.00757. The third-order valence-corrected chi connectivity index (χ3v) is 5.37. The number of nitrogens with two attached hydrogens (primary N) is 1. The second-order valence-corrected chi connectivity index (χ2v) is 8.02. The number of aromatic hydroxyl groups is 1. The largest absolute Gasteiger partial charge is 0.494 e. The number of H-pyrrole nitrogens is 1. The summed E-state index contributed by atoms with van der Waals surface area (Å²) in [7, 11) is 4.12. The van der Waals surface area contributed by atoms with Gasteiger partial charge in [-0.1, -0.05) is 48.5 Å². The Morgan fingerprint density at radius 3 is 2.38 bits per heavy atom. The Balaban J connectivity index is 1.81. The molecular formula is C26H26N4O2. The maximum Gasteiger partial charge on any atom is 0.248 e. The molecule has 0 atom stereocenters. The molecule has 0 aliphatic carbocycles. The molecule has 6 nitrogen and oxygen atoms in total. The van der Waals surface area contributed by atoms with Gasteiger partial charge >= 0.3 is 0 Å². The minimum Gasteiger partial charge on any atom is -0.494 e. The Morgan fingerprint density at radius 2 is 1.72 bits per heavy atom. The van der Waals surface area contributed by atoms with Gasteiger partial charge in [-0.2, -0.15) is 0 Å². The molecule has 0 aliphatic heterocycles. The second kappa shape index (κ2) is 9.08. The molecular weight excluding hydrogens is 400 g/mol. The first-order valence-electron chi connectivity index (χ1n) is 10.4. The van der Waals surface area contributed by atoms with Crippen LogP contribution in [0.3, 0.4) is 0 Å². The zero-order valence-corrected chi connectivity index (χ0v) is 18.2. The van der Waals surface area contributed by atoms with Crippen molar-refractivity contribution in [1.29, 1.82) is 0 Å². The predicted molar refractivity (Wildman–Crippen MR) is 129 cm³/mol. The average molecular weight is 427 g/mol. The van der Waals surface area contributed by atoms with Crippen LogP contribution in [0.4, 0.5) is 5.69 Å². The fourth-order valence-electron chi connectivity index (χ4n) is 3.66. The first kappa shape index (κ1) is 21.3. The van der Waals surface area contributed by atoms with Crippen LogP contribution in [-0.4, -0.2) is 47.2 Å². The Bertz CT molecular complexity index is 1270. The summed E-state index contributed by atoms with van der Waals surface area (Å²) in [4.78, 5) is 21.6. The minimum atomic E-state index is -0.520. The number of hydrogen-bond donors (Lipinski definition) is 3. The topological polar surface area (TPSA) is 94.7 Å². The van der Waals surface area contributed by atoms with Gasteiger partial charge in [0.15, 0.2) is 5.88 Å². The second-order valence-electron chi connectivity index (χ2n) is 8.02. The number of aliphatic imine (C=N–C) groups is 1. The number of likely N-dealkylation sites (N-methyl/N-ethyl adjacent to an activating group) is 1. The number of aromatic amines is 1. The van der Waals surface area contributed by atoms with E-state index in [1.807, 2.05) is 42.5 Å². The van der Waals surface area contributed by atoms with Crippen LogP contribution in [0, 0.1) is 0 Å². The molecule has 1 amide bonds. The van der Waals surface area contributed by atoms with Crippen LogP contribution in [0.15, 0.2) is 77.8 Å². The molecule has 4 aromatic rings. The van der Waals surface area contributed by atoms with E-state index in [9.17, 15) is 9.90 Å². The van der Waals surface area contributed by atoms with E-state index in [0.29, 0.717) is 22.4 Å². The molecule has 4 rings (SSSR count). The van der Waals surface area contributed by atoms with Gasteiger partial charge in [0.05, 0.1) is 17.0 Å². The van der Waals surface area contributed by atoms with Gasteiger partial charge in [-0.3, -0.25) is 4.79 Å². The third-order valence-electron chi connectivity index (χ3n) is 5.37. The van der Waals surface area contributed by atoms with Gasteiger partial charge in [0, 0.05) is 28.6 Å². The van der Waals surface area contributed by atoms with E-state index in [4.69, 9.17) is 10.7 Å². The molecule has 0 saturated carbocycles. The molecule has 0 bridgehead atoms. The molecule has 162 valence electrons. The van der Waals surface area contributed by atoms with Crippen molar-refractivity contribution in [3.8, 4) is 5.88 Å². The van der Waals surface area contributed by atoms with Crippen molar-refractivity contribution in [2.24, 2.45) is 10.7 Å². The number of amides is 1. The van der Waals surface area contributed by atoms with E-state index in [0.717, 1.165) is 29.6 Å². The molecule has 3 aromatic carbocycles. The van der Waals surface area contributed by atoms with Gasteiger partial charge in [-0.25, -0.2) is 4.99 Å². The van der Waals surface area contributed by atoms with Crippen LogP contribution in [0.25, 0.3) is 10.9 Å². The van der Waals surface area contributed by atoms with Crippen LogP contribution < -0.4 is 5.73 Å². The first-order chi connectivity index (χ1) is 15.4. The summed E-state index contributed by atoms with van der Waals surface area (Å²) < 4.78 is 0. The van der Waals surface area contributed by atoms with Gasteiger partial charge in [-0.05, 0) is 50.3 Å². The number of carbonyl (C=O) groups is 1. The number of nitrogens with one attached hydrogen (secondary N) is 1. The van der Waals surface area contributed by atoms with Gasteiger partial charge in [-0.15, -0.1) is 0 Å². The first-order valence-corrected chi connectivity index (χ1v) is 10.4. The molecule has 0 spiro atoms. The molecule has 0 radical (unpaired) electrons. The van der Waals surface area contributed by atoms with Crippen LogP contribution in [0.2, 0.25) is 0 Å². The fraction of sp³-hybridized carbons (Fsp3) is 0.154. The maximum absolute atomic E-state index is 11.6. The fourth-order valence-corrected chi connectivity index (χ4v) is 3.66. The number of hydrogen-bond acceptors (Lipinski definition) is 4. The molecule has 0 saturated heterocycles. The van der Waals surface area contributed by atoms with E-state index in [-0.39, 0.29) is 5.88 Å². The highest BCUT2D eigenvalue weighted by Gasteiger charge is 2.19. The summed E-state index contributed by atoms with van der Waals surface area (Å²) in [6.45, 7) is 0.981. The number of rotatable bonds is 7.